The van der Waals surface area contributed by atoms with Crippen LogP contribution in [-0.4, -0.2) is 38.0 Å². The van der Waals surface area contributed by atoms with Gasteiger partial charge in [-0.15, -0.1) is 0 Å². The van der Waals surface area contributed by atoms with Gasteiger partial charge in [-0.25, -0.2) is 0 Å². The van der Waals surface area contributed by atoms with Crippen LogP contribution in [0.2, 0.25) is 0 Å². The normalized spacial score (nSPS) is 17.9. The Bertz CT molecular complexity index is 529. The lowest BCUT2D eigenvalue weighted by Crippen LogP contribution is -2.61. The van der Waals surface area contributed by atoms with Gasteiger partial charge in [-0.1, -0.05) is 83.6 Å². The molecule has 0 aromatic heterocycles. The van der Waals surface area contributed by atoms with E-state index in [-0.39, 0.29) is 28.0 Å². The maximum atomic E-state index is 9.79. The van der Waals surface area contributed by atoms with Crippen LogP contribution < -0.4 is 10.9 Å². The molecule has 1 aromatic carbocycles. The van der Waals surface area contributed by atoms with E-state index in [2.05, 4.69) is 13.2 Å². The topological polar surface area (TPSA) is 40.5 Å². The first-order valence-corrected chi connectivity index (χ1v) is 6.74. The van der Waals surface area contributed by atoms with Crippen LogP contribution in [-0.2, 0) is 0 Å². The maximum absolute atomic E-state index is 9.79. The minimum absolute atomic E-state index is 0.0311. The summed E-state index contributed by atoms with van der Waals surface area (Å²) >= 11 is 0. The Labute approximate surface area is 122 Å². The van der Waals surface area contributed by atoms with Crippen LogP contribution in [0.4, 0.5) is 0 Å². The van der Waals surface area contributed by atoms with Crippen LogP contribution in [0.5, 0.6) is 0 Å². The van der Waals surface area contributed by atoms with Crippen LogP contribution in [0.1, 0.15) is 0 Å². The molecule has 0 spiro atoms. The molecule has 0 unspecified atom stereocenters. The van der Waals surface area contributed by atoms with Gasteiger partial charge in [0.25, 0.3) is 0 Å². The third-order valence-corrected chi connectivity index (χ3v) is 3.79. The van der Waals surface area contributed by atoms with E-state index in [0.717, 1.165) is 21.9 Å². The second-order valence-corrected chi connectivity index (χ2v) is 4.81. The van der Waals surface area contributed by atoms with Crippen LogP contribution in [0, 0.1) is 0 Å². The highest BCUT2D eigenvalue weighted by atomic mass is 16.2. The van der Waals surface area contributed by atoms with Crippen molar-refractivity contribution >= 4 is 38.9 Å². The molecule has 96 valence electrons. The van der Waals surface area contributed by atoms with Crippen molar-refractivity contribution in [2.75, 3.05) is 0 Å². The minimum atomic E-state index is -0.0850. The van der Waals surface area contributed by atoms with Gasteiger partial charge in [-0.2, -0.15) is 0 Å². The fourth-order valence-electron chi connectivity index (χ4n) is 2.96. The smallest absolute Gasteiger partial charge is 0.246 e. The molecular formula is C14H16B4O2. The quantitative estimate of drug-likeness (QED) is 0.687. The summed E-state index contributed by atoms with van der Waals surface area (Å²) in [6.45, 7) is 7.33. The standard InChI is InChI=1S/C14H16B4O2/c1-3-7-11-12(8-4-2)18(16-20)14-10-6-5-9-13(14)17(11)15-19/h3-10,15-16,19-20H,1-2H2/b11-7+,12-8+. The van der Waals surface area contributed by atoms with Crippen molar-refractivity contribution in [1.29, 1.82) is 0 Å². The Morgan fingerprint density at radius 2 is 1.25 bits per heavy atom. The van der Waals surface area contributed by atoms with Gasteiger partial charge in [-0.05, 0) is 0 Å². The zero-order valence-electron chi connectivity index (χ0n) is 11.5. The monoisotopic (exact) mass is 260 g/mol. The summed E-state index contributed by atoms with van der Waals surface area (Å²) < 4.78 is 0. The van der Waals surface area contributed by atoms with Crippen LogP contribution in [0.15, 0.2) is 72.7 Å². The van der Waals surface area contributed by atoms with Gasteiger partial charge >= 0.3 is 0 Å². The molecule has 0 radical (unpaired) electrons. The second kappa shape index (κ2) is 6.69. The summed E-state index contributed by atoms with van der Waals surface area (Å²) in [5, 5.41) is 19.6. The zero-order valence-corrected chi connectivity index (χ0v) is 11.5. The molecule has 2 N–H and O–H groups in total. The van der Waals surface area contributed by atoms with Crippen LogP contribution in [0.25, 0.3) is 0 Å². The lowest BCUT2D eigenvalue weighted by Gasteiger charge is -2.31. The summed E-state index contributed by atoms with van der Waals surface area (Å²) in [6, 6.07) is 7.95. The van der Waals surface area contributed by atoms with Gasteiger partial charge in [0.2, 0.25) is 28.0 Å². The van der Waals surface area contributed by atoms with Crippen molar-refractivity contribution < 1.29 is 10.0 Å². The van der Waals surface area contributed by atoms with Crippen molar-refractivity contribution in [3.05, 3.63) is 72.7 Å². The summed E-state index contributed by atoms with van der Waals surface area (Å²) in [4.78, 5) is 0. The number of benzene rings is 1. The summed E-state index contributed by atoms with van der Waals surface area (Å²) in [5.74, 6) is 0. The van der Waals surface area contributed by atoms with Gasteiger partial charge in [-0.3, -0.25) is 0 Å². The third kappa shape index (κ3) is 2.49. The van der Waals surface area contributed by atoms with Gasteiger partial charge in [0, 0.05) is 0 Å². The summed E-state index contributed by atoms with van der Waals surface area (Å²) in [7, 11) is 0.0621. The van der Waals surface area contributed by atoms with E-state index in [1.807, 2.05) is 36.4 Å². The lowest BCUT2D eigenvalue weighted by atomic mass is 9.08. The van der Waals surface area contributed by atoms with Crippen LogP contribution in [0.3, 0.4) is 0 Å². The molecule has 6 heteroatoms. The van der Waals surface area contributed by atoms with E-state index in [0.29, 0.717) is 0 Å². The molecule has 0 amide bonds. The van der Waals surface area contributed by atoms with Gasteiger partial charge < -0.3 is 10.0 Å². The molecule has 1 aliphatic rings. The number of fused-ring (bicyclic) bond motifs is 1. The molecule has 1 aromatic rings. The molecule has 2 nitrogen and oxygen atoms in total. The zero-order chi connectivity index (χ0) is 14.5. The van der Waals surface area contributed by atoms with Crippen LogP contribution >= 0.6 is 0 Å². The van der Waals surface area contributed by atoms with Crippen molar-refractivity contribution in [2.45, 2.75) is 0 Å². The average molecular weight is 260 g/mol. The number of rotatable bonds is 4. The van der Waals surface area contributed by atoms with Gasteiger partial charge in [0.15, 0.2) is 0 Å². The fourth-order valence-corrected chi connectivity index (χ4v) is 2.96. The van der Waals surface area contributed by atoms with E-state index in [4.69, 9.17) is 0 Å². The first-order chi connectivity index (χ1) is 9.78. The molecule has 0 fully saturated rings. The largest absolute Gasteiger partial charge is 0.461 e. The number of hydrogen-bond acceptors (Lipinski definition) is 2. The molecule has 20 heavy (non-hydrogen) atoms. The second-order valence-electron chi connectivity index (χ2n) is 4.81. The predicted molar refractivity (Wildman–Crippen MR) is 92.5 cm³/mol. The number of allylic oxidation sites excluding steroid dienone is 6. The molecular weight excluding hydrogens is 243 g/mol. The fraction of sp³-hybridized carbons (Fsp3) is 0. The van der Waals surface area contributed by atoms with E-state index in [1.54, 1.807) is 12.2 Å². The number of hydrogen-bond donors (Lipinski definition) is 2. The average Bonchev–Trinajstić information content (AvgIpc) is 2.48. The van der Waals surface area contributed by atoms with E-state index < -0.39 is 0 Å². The molecule has 1 heterocycles. The highest BCUT2D eigenvalue weighted by Crippen LogP contribution is 2.20. The van der Waals surface area contributed by atoms with Crippen molar-refractivity contribution in [1.82, 2.24) is 0 Å². The van der Waals surface area contributed by atoms with E-state index in [1.165, 1.54) is 0 Å². The van der Waals surface area contributed by atoms with Crippen molar-refractivity contribution in [3.8, 4) is 0 Å². The highest BCUT2D eigenvalue weighted by Gasteiger charge is 2.38. The Balaban J connectivity index is 2.71. The van der Waals surface area contributed by atoms with Crippen molar-refractivity contribution in [3.63, 3.8) is 0 Å². The Morgan fingerprint density at radius 3 is 1.55 bits per heavy atom. The Morgan fingerprint density at radius 1 is 0.850 bits per heavy atom. The van der Waals surface area contributed by atoms with Gasteiger partial charge in [0.1, 0.15) is 0 Å². The predicted octanol–water partition coefficient (Wildman–Crippen LogP) is -0.912. The maximum Gasteiger partial charge on any atom is 0.246 e. The van der Waals surface area contributed by atoms with E-state index >= 15 is 0 Å². The molecule has 0 bridgehead atoms. The molecule has 0 atom stereocenters. The Hall–Kier alpha value is -1.64. The highest BCUT2D eigenvalue weighted by molar-refractivity contribution is 7.30. The minimum Gasteiger partial charge on any atom is -0.461 e. The van der Waals surface area contributed by atoms with Gasteiger partial charge in [0.05, 0.1) is 0 Å². The molecule has 1 aliphatic heterocycles. The first-order valence-electron chi connectivity index (χ1n) is 6.74. The molecule has 2 rings (SSSR count). The third-order valence-electron chi connectivity index (χ3n) is 3.79. The molecule has 0 aliphatic carbocycles. The Kier molecular flexibility index (Phi) is 4.94. The van der Waals surface area contributed by atoms with Crippen molar-refractivity contribution in [2.24, 2.45) is 0 Å². The summed E-state index contributed by atoms with van der Waals surface area (Å²) in [5.41, 5.74) is 4.15. The molecule has 0 saturated carbocycles. The SMILES string of the molecule is C=C/C=C1/B(BO)c2ccccc2B(BO)/C1=C/C=C. The molecule has 0 saturated heterocycles. The first kappa shape index (κ1) is 14.8. The summed E-state index contributed by atoms with van der Waals surface area (Å²) in [6.07, 6.45) is 7.26. The van der Waals surface area contributed by atoms with E-state index in [9.17, 15) is 10.0 Å². The lowest BCUT2D eigenvalue weighted by molar-refractivity contribution is 0.619.